The molecule has 1 amide bonds. The van der Waals surface area contributed by atoms with E-state index >= 15 is 0 Å². The molecule has 0 bridgehead atoms. The molecule has 0 unspecified atom stereocenters. The van der Waals surface area contributed by atoms with Gasteiger partial charge in [0.05, 0.1) is 18.8 Å². The van der Waals surface area contributed by atoms with E-state index in [1.54, 1.807) is 0 Å². The number of carbonyl (C=O) groups is 1. The summed E-state index contributed by atoms with van der Waals surface area (Å²) in [6.07, 6.45) is 8.72. The second-order valence-electron chi connectivity index (χ2n) is 8.03. The highest BCUT2D eigenvalue weighted by atomic mass is 16.6. The lowest BCUT2D eigenvalue weighted by Gasteiger charge is -2.33. The zero-order chi connectivity index (χ0) is 23.0. The molecule has 2 rings (SSSR count). The standard InChI is InChI=1S/C27H37NO4/c1-2-3-4-5-6-7-14-19-25(26(30)21-29)28(20-23-15-10-8-11-16-23)27(31)32-22-24-17-12-9-13-18-24/h7-18,25-26,29-30H,2-6,19-22H2,1H3/b14-7+/t25-,26+/m0/s1. The molecule has 0 saturated heterocycles. The number of aliphatic hydroxyl groups is 2. The number of aliphatic hydroxyl groups excluding tert-OH is 2. The summed E-state index contributed by atoms with van der Waals surface area (Å²) in [6.45, 7) is 2.21. The van der Waals surface area contributed by atoms with Crippen molar-refractivity contribution in [1.29, 1.82) is 0 Å². The van der Waals surface area contributed by atoms with Crippen molar-refractivity contribution < 1.29 is 19.7 Å². The average molecular weight is 440 g/mol. The van der Waals surface area contributed by atoms with Gasteiger partial charge < -0.3 is 14.9 Å². The zero-order valence-corrected chi connectivity index (χ0v) is 19.1. The number of rotatable bonds is 14. The van der Waals surface area contributed by atoms with E-state index in [1.165, 1.54) is 24.2 Å². The summed E-state index contributed by atoms with van der Waals surface area (Å²) in [4.78, 5) is 14.6. The van der Waals surface area contributed by atoms with Crippen LogP contribution in [0.4, 0.5) is 4.79 Å². The molecule has 0 saturated carbocycles. The van der Waals surface area contributed by atoms with E-state index in [0.717, 1.165) is 24.0 Å². The highest BCUT2D eigenvalue weighted by Crippen LogP contribution is 2.18. The maximum absolute atomic E-state index is 13.1. The van der Waals surface area contributed by atoms with Crippen LogP contribution in [-0.2, 0) is 17.9 Å². The van der Waals surface area contributed by atoms with Crippen molar-refractivity contribution in [2.45, 2.75) is 70.7 Å². The summed E-state index contributed by atoms with van der Waals surface area (Å²) < 4.78 is 5.58. The fraction of sp³-hybridized carbons (Fsp3) is 0.444. The highest BCUT2D eigenvalue weighted by Gasteiger charge is 2.30. The summed E-state index contributed by atoms with van der Waals surface area (Å²) in [5.74, 6) is 0. The Kier molecular flexibility index (Phi) is 12.2. The fourth-order valence-electron chi connectivity index (χ4n) is 3.56. The summed E-state index contributed by atoms with van der Waals surface area (Å²) in [5.41, 5.74) is 1.83. The van der Waals surface area contributed by atoms with Crippen LogP contribution in [0.3, 0.4) is 0 Å². The average Bonchev–Trinajstić information content (AvgIpc) is 2.84. The summed E-state index contributed by atoms with van der Waals surface area (Å²) in [7, 11) is 0. The van der Waals surface area contributed by atoms with Crippen LogP contribution in [0, 0.1) is 0 Å². The van der Waals surface area contributed by atoms with E-state index in [0.29, 0.717) is 13.0 Å². The van der Waals surface area contributed by atoms with E-state index in [9.17, 15) is 15.0 Å². The van der Waals surface area contributed by atoms with Crippen molar-refractivity contribution in [1.82, 2.24) is 4.90 Å². The Morgan fingerprint density at radius 1 is 0.969 bits per heavy atom. The van der Waals surface area contributed by atoms with Gasteiger partial charge in [-0.15, -0.1) is 0 Å². The van der Waals surface area contributed by atoms with Crippen molar-refractivity contribution in [3.05, 3.63) is 83.9 Å². The van der Waals surface area contributed by atoms with Crippen molar-refractivity contribution in [3.63, 3.8) is 0 Å². The quantitative estimate of drug-likeness (QED) is 0.303. The first-order valence-electron chi connectivity index (χ1n) is 11.6. The molecule has 0 aliphatic carbocycles. The molecule has 0 aromatic heterocycles. The molecule has 5 heteroatoms. The number of unbranched alkanes of at least 4 members (excludes halogenated alkanes) is 4. The number of carbonyl (C=O) groups excluding carboxylic acids is 1. The fourth-order valence-corrected chi connectivity index (χ4v) is 3.56. The van der Waals surface area contributed by atoms with Crippen LogP contribution >= 0.6 is 0 Å². The zero-order valence-electron chi connectivity index (χ0n) is 19.1. The number of allylic oxidation sites excluding steroid dienone is 1. The molecular weight excluding hydrogens is 402 g/mol. The summed E-state index contributed by atoms with van der Waals surface area (Å²) >= 11 is 0. The lowest BCUT2D eigenvalue weighted by atomic mass is 10.0. The van der Waals surface area contributed by atoms with Crippen LogP contribution in [0.15, 0.2) is 72.8 Å². The minimum Gasteiger partial charge on any atom is -0.445 e. The van der Waals surface area contributed by atoms with Crippen LogP contribution in [0.25, 0.3) is 0 Å². The van der Waals surface area contributed by atoms with Gasteiger partial charge in [-0.2, -0.15) is 0 Å². The van der Waals surface area contributed by atoms with Gasteiger partial charge in [-0.1, -0.05) is 99.0 Å². The first-order valence-corrected chi connectivity index (χ1v) is 11.6. The first-order chi connectivity index (χ1) is 15.7. The minimum absolute atomic E-state index is 0.153. The third kappa shape index (κ3) is 9.25. The molecule has 0 aliphatic rings. The monoisotopic (exact) mass is 439 g/mol. The Balaban J connectivity index is 2.10. The second-order valence-corrected chi connectivity index (χ2v) is 8.03. The Morgan fingerprint density at radius 2 is 1.62 bits per heavy atom. The molecule has 0 radical (unpaired) electrons. The van der Waals surface area contributed by atoms with E-state index in [4.69, 9.17) is 4.74 Å². The Bertz CT molecular complexity index is 779. The van der Waals surface area contributed by atoms with Crippen LogP contribution in [0.5, 0.6) is 0 Å². The summed E-state index contributed by atoms with van der Waals surface area (Å²) in [5, 5.41) is 20.2. The normalized spacial score (nSPS) is 13.1. The molecular formula is C27H37NO4. The summed E-state index contributed by atoms with van der Waals surface area (Å²) in [6, 6.07) is 18.5. The van der Waals surface area contributed by atoms with E-state index in [-0.39, 0.29) is 6.61 Å². The van der Waals surface area contributed by atoms with Gasteiger partial charge in [0.1, 0.15) is 6.61 Å². The Labute approximate surface area is 192 Å². The van der Waals surface area contributed by atoms with Gasteiger partial charge in [-0.05, 0) is 30.4 Å². The van der Waals surface area contributed by atoms with Crippen LogP contribution in [0.1, 0.15) is 56.6 Å². The number of hydrogen-bond donors (Lipinski definition) is 2. The van der Waals surface area contributed by atoms with Gasteiger partial charge in [0.15, 0.2) is 0 Å². The van der Waals surface area contributed by atoms with E-state index < -0.39 is 24.8 Å². The molecule has 2 aromatic carbocycles. The Morgan fingerprint density at radius 3 is 2.25 bits per heavy atom. The SMILES string of the molecule is CCCCCC/C=C/C[C@@H]([C@H](O)CO)N(Cc1ccccc1)C(=O)OCc1ccccc1. The Hall–Kier alpha value is -2.63. The second kappa shape index (κ2) is 15.2. The third-order valence-corrected chi connectivity index (χ3v) is 5.44. The molecule has 0 aliphatic heterocycles. The van der Waals surface area contributed by atoms with Gasteiger partial charge in [0, 0.05) is 6.54 Å². The maximum atomic E-state index is 13.1. The molecule has 2 atom stereocenters. The lowest BCUT2D eigenvalue weighted by molar-refractivity contribution is 0.00281. The van der Waals surface area contributed by atoms with Crippen LogP contribution in [-0.4, -0.2) is 40.0 Å². The van der Waals surface area contributed by atoms with Gasteiger partial charge in [-0.25, -0.2) is 4.79 Å². The number of benzene rings is 2. The largest absolute Gasteiger partial charge is 0.445 e. The molecule has 0 spiro atoms. The highest BCUT2D eigenvalue weighted by molar-refractivity contribution is 5.68. The molecule has 0 heterocycles. The van der Waals surface area contributed by atoms with E-state index in [1.807, 2.05) is 66.7 Å². The van der Waals surface area contributed by atoms with Gasteiger partial charge in [0.2, 0.25) is 0 Å². The number of hydrogen-bond acceptors (Lipinski definition) is 4. The number of amides is 1. The molecule has 2 N–H and O–H groups in total. The molecule has 174 valence electrons. The van der Waals surface area contributed by atoms with Crippen molar-refractivity contribution in [3.8, 4) is 0 Å². The van der Waals surface area contributed by atoms with Crippen molar-refractivity contribution in [2.75, 3.05) is 6.61 Å². The van der Waals surface area contributed by atoms with E-state index in [2.05, 4.69) is 13.0 Å². The lowest BCUT2D eigenvalue weighted by Crippen LogP contribution is -2.48. The van der Waals surface area contributed by atoms with Crippen molar-refractivity contribution >= 4 is 6.09 Å². The van der Waals surface area contributed by atoms with Crippen molar-refractivity contribution in [2.24, 2.45) is 0 Å². The van der Waals surface area contributed by atoms with Crippen LogP contribution < -0.4 is 0 Å². The molecule has 0 fully saturated rings. The molecule has 2 aromatic rings. The van der Waals surface area contributed by atoms with Gasteiger partial charge in [-0.3, -0.25) is 4.90 Å². The van der Waals surface area contributed by atoms with Gasteiger partial charge >= 0.3 is 6.09 Å². The predicted octanol–water partition coefficient (Wildman–Crippen LogP) is 5.46. The minimum atomic E-state index is -1.06. The maximum Gasteiger partial charge on any atom is 0.410 e. The number of ether oxygens (including phenoxy) is 1. The predicted molar refractivity (Wildman–Crippen MR) is 128 cm³/mol. The topological polar surface area (TPSA) is 70.0 Å². The number of nitrogens with zero attached hydrogens (tertiary/aromatic N) is 1. The smallest absolute Gasteiger partial charge is 0.410 e. The third-order valence-electron chi connectivity index (χ3n) is 5.44. The first kappa shape index (κ1) is 25.6. The molecule has 5 nitrogen and oxygen atoms in total. The van der Waals surface area contributed by atoms with Gasteiger partial charge in [0.25, 0.3) is 0 Å². The molecule has 32 heavy (non-hydrogen) atoms. The van der Waals surface area contributed by atoms with Crippen LogP contribution in [0.2, 0.25) is 0 Å².